The summed E-state index contributed by atoms with van der Waals surface area (Å²) >= 11 is 2.39. The molecular formula is C22H33Cl3SiTi. The summed E-state index contributed by atoms with van der Waals surface area (Å²) in [7, 11) is -1.67. The van der Waals surface area contributed by atoms with Crippen molar-refractivity contribution in [1.82, 2.24) is 0 Å². The van der Waals surface area contributed by atoms with E-state index in [1.165, 1.54) is 42.9 Å². The van der Waals surface area contributed by atoms with Gasteiger partial charge in [-0.25, -0.2) is 0 Å². The van der Waals surface area contributed by atoms with E-state index in [0.29, 0.717) is 5.92 Å². The number of hydrogen-bond donors (Lipinski definition) is 0. The van der Waals surface area contributed by atoms with E-state index in [2.05, 4.69) is 85.9 Å². The van der Waals surface area contributed by atoms with Crippen molar-refractivity contribution in [2.75, 3.05) is 0 Å². The second-order valence-electron chi connectivity index (χ2n) is 7.84. The van der Waals surface area contributed by atoms with Crippen LogP contribution in [0, 0.1) is 19.8 Å². The average molecular weight is 480 g/mol. The van der Waals surface area contributed by atoms with Crippen molar-refractivity contribution in [1.29, 1.82) is 0 Å². The molecule has 0 N–H and O–H groups in total. The summed E-state index contributed by atoms with van der Waals surface area (Å²) in [6.45, 7) is 14.2. The van der Waals surface area contributed by atoms with Crippen LogP contribution in [0.5, 0.6) is 0 Å². The van der Waals surface area contributed by atoms with Crippen molar-refractivity contribution in [2.45, 2.75) is 72.9 Å². The molecule has 0 bridgehead atoms. The van der Waals surface area contributed by atoms with Gasteiger partial charge in [-0.3, -0.25) is 0 Å². The Kier molecular flexibility index (Phi) is 14.2. The van der Waals surface area contributed by atoms with Crippen LogP contribution < -0.4 is 42.4 Å². The Bertz CT molecular complexity index is 649. The maximum Gasteiger partial charge on any atom is -1.00 e. The van der Waals surface area contributed by atoms with Crippen LogP contribution in [0.15, 0.2) is 38.9 Å². The zero-order valence-electron chi connectivity index (χ0n) is 17.6. The molecule has 0 heterocycles. The van der Waals surface area contributed by atoms with E-state index >= 15 is 0 Å². The Balaban J connectivity index is 0. The third kappa shape index (κ3) is 6.76. The number of aryl methyl sites for hydroxylation is 2. The molecular weight excluding hydrogens is 447 g/mol. The zero-order valence-corrected chi connectivity index (χ0v) is 22.4. The van der Waals surface area contributed by atoms with Crippen LogP contribution in [0.4, 0.5) is 0 Å². The fraction of sp³-hybridized carbons (Fsp3) is 0.545. The normalized spacial score (nSPS) is 16.5. The minimum absolute atomic E-state index is 0. The van der Waals surface area contributed by atoms with Crippen molar-refractivity contribution in [2.24, 2.45) is 5.92 Å². The third-order valence-corrected chi connectivity index (χ3v) is 11.4. The maximum atomic E-state index is 2.64. The minimum Gasteiger partial charge on any atom is -1.00 e. The van der Waals surface area contributed by atoms with E-state index in [0.717, 1.165) is 0 Å². The van der Waals surface area contributed by atoms with E-state index in [9.17, 15) is 0 Å². The molecule has 1 aromatic rings. The Labute approximate surface area is 198 Å². The van der Waals surface area contributed by atoms with Gasteiger partial charge in [-0.05, 0) is 0 Å². The average Bonchev–Trinajstić information content (AvgIpc) is 2.93. The Morgan fingerprint density at radius 1 is 1.04 bits per heavy atom. The van der Waals surface area contributed by atoms with Gasteiger partial charge >= 0.3 is 163 Å². The van der Waals surface area contributed by atoms with Crippen LogP contribution in [0.25, 0.3) is 0 Å². The molecule has 0 aromatic heterocycles. The molecule has 1 aliphatic carbocycles. The predicted octanol–water partition coefficient (Wildman–Crippen LogP) is -2.88. The van der Waals surface area contributed by atoms with E-state index in [4.69, 9.17) is 0 Å². The molecule has 150 valence electrons. The largest absolute Gasteiger partial charge is 1.00 e. The molecule has 0 saturated carbocycles. The second kappa shape index (κ2) is 12.9. The molecule has 2 atom stereocenters. The van der Waals surface area contributed by atoms with Crippen LogP contribution in [0.2, 0.25) is 12.6 Å². The van der Waals surface area contributed by atoms with Gasteiger partial charge in [0.1, 0.15) is 0 Å². The molecule has 0 fully saturated rings. The first kappa shape index (κ1) is 29.7. The molecule has 0 nitrogen and oxygen atoms in total. The van der Waals surface area contributed by atoms with Crippen LogP contribution in [-0.4, -0.2) is 8.07 Å². The van der Waals surface area contributed by atoms with E-state index < -0.39 is 8.07 Å². The van der Waals surface area contributed by atoms with E-state index in [1.807, 2.05) is 0 Å². The Morgan fingerprint density at radius 3 is 2.07 bits per heavy atom. The summed E-state index contributed by atoms with van der Waals surface area (Å²) in [6.07, 6.45) is 7.60. The SMILES string of the molecule is CCCC[Si](C)(C1=[C]([Ti+3])CC=C1C(C)CC)c1cc(C)cc(C)c1.[Cl-].[Cl-].[Cl-]. The monoisotopic (exact) mass is 478 g/mol. The van der Waals surface area contributed by atoms with Gasteiger partial charge < -0.3 is 37.2 Å². The first-order valence-corrected chi connectivity index (χ1v) is 13.1. The van der Waals surface area contributed by atoms with Crippen molar-refractivity contribution in [3.8, 4) is 0 Å². The summed E-state index contributed by atoms with van der Waals surface area (Å²) in [5.74, 6) is 0.691. The van der Waals surface area contributed by atoms with Crippen LogP contribution in [-0.2, 0) is 20.4 Å². The first-order chi connectivity index (χ1) is 11.3. The second-order valence-corrected chi connectivity index (χ2v) is 13.0. The van der Waals surface area contributed by atoms with Gasteiger partial charge in [0.2, 0.25) is 0 Å². The third-order valence-electron chi connectivity index (χ3n) is 5.70. The van der Waals surface area contributed by atoms with Gasteiger partial charge in [0.15, 0.2) is 0 Å². The summed E-state index contributed by atoms with van der Waals surface area (Å²) < 4.78 is 1.65. The van der Waals surface area contributed by atoms with Crippen LogP contribution >= 0.6 is 0 Å². The van der Waals surface area contributed by atoms with Gasteiger partial charge in [0, 0.05) is 0 Å². The summed E-state index contributed by atoms with van der Waals surface area (Å²) in [5.41, 5.74) is 4.52. The number of rotatable bonds is 7. The topological polar surface area (TPSA) is 0 Å². The van der Waals surface area contributed by atoms with E-state index in [-0.39, 0.29) is 37.2 Å². The van der Waals surface area contributed by atoms with Crippen LogP contribution in [0.1, 0.15) is 57.6 Å². The number of unbranched alkanes of at least 4 members (excludes halogenated alkanes) is 1. The van der Waals surface area contributed by atoms with Gasteiger partial charge in [-0.15, -0.1) is 0 Å². The Hall–Kier alpha value is 0.501. The smallest absolute Gasteiger partial charge is 1.00 e. The number of hydrogen-bond acceptors (Lipinski definition) is 0. The number of benzene rings is 1. The fourth-order valence-corrected chi connectivity index (χ4v) is 10.6. The van der Waals surface area contributed by atoms with Gasteiger partial charge in [-0.2, -0.15) is 0 Å². The molecule has 0 spiro atoms. The molecule has 0 saturated heterocycles. The molecule has 2 unspecified atom stereocenters. The standard InChI is InChI=1S/C22H33Si.3ClH.Ti/c1-7-9-13-23(6,20-15-17(3)14-18(4)16-20)22-12-10-11-21(22)19(5)8-2;;;;/h11,14-16,19H,7-10,13H2,1-6H3;3*1H;/q;;;;+3/p-3. The number of allylic oxidation sites excluding steroid dienone is 4. The van der Waals surface area contributed by atoms with Gasteiger partial charge in [0.05, 0.1) is 0 Å². The summed E-state index contributed by atoms with van der Waals surface area (Å²) in [5, 5.41) is 3.44. The fourth-order valence-electron chi connectivity index (χ4n) is 4.15. The molecule has 0 aliphatic heterocycles. The molecule has 5 heteroatoms. The minimum atomic E-state index is -1.67. The van der Waals surface area contributed by atoms with Gasteiger partial charge in [0.25, 0.3) is 0 Å². The first-order valence-electron chi connectivity index (χ1n) is 9.57. The molecule has 0 amide bonds. The summed E-state index contributed by atoms with van der Waals surface area (Å²) in [6, 6.07) is 8.68. The molecule has 1 aliphatic rings. The van der Waals surface area contributed by atoms with Crippen molar-refractivity contribution in [3.63, 3.8) is 0 Å². The Morgan fingerprint density at radius 2 is 1.59 bits per heavy atom. The zero-order chi connectivity index (χ0) is 17.9. The predicted molar refractivity (Wildman–Crippen MR) is 106 cm³/mol. The molecule has 1 aromatic carbocycles. The molecule has 27 heavy (non-hydrogen) atoms. The van der Waals surface area contributed by atoms with Crippen molar-refractivity contribution < 1.29 is 57.7 Å². The molecule has 0 radical (unpaired) electrons. The summed E-state index contributed by atoms with van der Waals surface area (Å²) in [4.78, 5) is 0. The van der Waals surface area contributed by atoms with Crippen molar-refractivity contribution >= 4 is 13.3 Å². The molecule has 2 rings (SSSR count). The van der Waals surface area contributed by atoms with Gasteiger partial charge in [-0.1, -0.05) is 0 Å². The quantitative estimate of drug-likeness (QED) is 0.369. The van der Waals surface area contributed by atoms with Crippen molar-refractivity contribution in [3.05, 3.63) is 50.0 Å². The maximum absolute atomic E-state index is 2.64. The van der Waals surface area contributed by atoms with E-state index in [1.54, 1.807) is 19.8 Å². The van der Waals surface area contributed by atoms with Crippen LogP contribution in [0.3, 0.4) is 0 Å². The number of halogens is 3.